The summed E-state index contributed by atoms with van der Waals surface area (Å²) in [6.07, 6.45) is 0.719. The minimum atomic E-state index is -1.18. The zero-order valence-corrected chi connectivity index (χ0v) is 13.1. The summed E-state index contributed by atoms with van der Waals surface area (Å²) in [4.78, 5) is 36.4. The molecule has 0 aromatic carbocycles. The third kappa shape index (κ3) is 2.37. The van der Waals surface area contributed by atoms with Crippen LogP contribution in [0.2, 0.25) is 0 Å². The van der Waals surface area contributed by atoms with Gasteiger partial charge in [-0.15, -0.1) is 0 Å². The lowest BCUT2D eigenvalue weighted by atomic mass is 9.61. The van der Waals surface area contributed by atoms with E-state index in [-0.39, 0.29) is 26.1 Å². The second kappa shape index (κ2) is 5.53. The van der Waals surface area contributed by atoms with Gasteiger partial charge in [0.25, 0.3) is 0 Å². The summed E-state index contributed by atoms with van der Waals surface area (Å²) in [5.74, 6) is -1.48. The van der Waals surface area contributed by atoms with E-state index in [4.69, 9.17) is 14.2 Å². The lowest BCUT2D eigenvalue weighted by Crippen LogP contribution is -2.58. The van der Waals surface area contributed by atoms with Crippen molar-refractivity contribution in [1.29, 1.82) is 0 Å². The summed E-state index contributed by atoms with van der Waals surface area (Å²) >= 11 is 0. The number of esters is 3. The molecule has 3 atom stereocenters. The van der Waals surface area contributed by atoms with E-state index < -0.39 is 40.8 Å². The zero-order chi connectivity index (χ0) is 16.6. The van der Waals surface area contributed by atoms with Gasteiger partial charge < -0.3 is 19.3 Å². The minimum absolute atomic E-state index is 0.0411. The summed E-state index contributed by atoms with van der Waals surface area (Å²) in [5.41, 5.74) is -3.24. The Morgan fingerprint density at radius 2 is 1.86 bits per heavy atom. The van der Waals surface area contributed by atoms with Crippen LogP contribution in [0.25, 0.3) is 0 Å². The summed E-state index contributed by atoms with van der Waals surface area (Å²) in [6, 6.07) is 0. The highest BCUT2D eigenvalue weighted by molar-refractivity contribution is 5.87. The summed E-state index contributed by atoms with van der Waals surface area (Å²) in [7, 11) is 1.29. The van der Waals surface area contributed by atoms with Crippen LogP contribution < -0.4 is 0 Å². The van der Waals surface area contributed by atoms with E-state index in [0.717, 1.165) is 0 Å². The number of hydrogen-bond donors (Lipinski definition) is 1. The molecule has 2 aliphatic heterocycles. The van der Waals surface area contributed by atoms with E-state index >= 15 is 0 Å². The molecular weight excluding hydrogens is 292 g/mol. The summed E-state index contributed by atoms with van der Waals surface area (Å²) in [6.45, 7) is 2.76. The molecule has 7 nitrogen and oxygen atoms in total. The molecule has 2 aliphatic rings. The highest BCUT2D eigenvalue weighted by Gasteiger charge is 2.61. The predicted octanol–water partition coefficient (Wildman–Crippen LogP) is 0.435. The number of methoxy groups -OCH3 is 1. The lowest BCUT2D eigenvalue weighted by Gasteiger charge is -2.48. The summed E-state index contributed by atoms with van der Waals surface area (Å²) < 4.78 is 15.3. The van der Waals surface area contributed by atoms with Crippen LogP contribution in [-0.2, 0) is 28.6 Å². The quantitative estimate of drug-likeness (QED) is 0.596. The van der Waals surface area contributed by atoms with Crippen molar-refractivity contribution in [2.75, 3.05) is 26.9 Å². The molecule has 0 aliphatic carbocycles. The minimum Gasteiger partial charge on any atom is -0.468 e. The van der Waals surface area contributed by atoms with Crippen molar-refractivity contribution in [2.24, 2.45) is 16.2 Å². The molecule has 2 rings (SSSR count). The number of hydrogen-bond acceptors (Lipinski definition) is 7. The number of aliphatic hydroxyl groups is 1. The Morgan fingerprint density at radius 1 is 1.23 bits per heavy atom. The molecule has 2 fully saturated rings. The monoisotopic (exact) mass is 314 g/mol. The van der Waals surface area contributed by atoms with Gasteiger partial charge in [-0.2, -0.15) is 0 Å². The first-order chi connectivity index (χ1) is 10.3. The van der Waals surface area contributed by atoms with Gasteiger partial charge in [-0.1, -0.05) is 6.92 Å². The van der Waals surface area contributed by atoms with Gasteiger partial charge in [-0.25, -0.2) is 0 Å². The van der Waals surface area contributed by atoms with E-state index in [9.17, 15) is 19.5 Å². The van der Waals surface area contributed by atoms with Gasteiger partial charge in [0.2, 0.25) is 0 Å². The molecular formula is C15H22O7. The van der Waals surface area contributed by atoms with Gasteiger partial charge in [-0.3, -0.25) is 14.4 Å². The third-order valence-electron chi connectivity index (χ3n) is 4.93. The fourth-order valence-electron chi connectivity index (χ4n) is 3.46. The number of rotatable bonds is 3. The van der Waals surface area contributed by atoms with Crippen LogP contribution in [0.3, 0.4) is 0 Å². The molecule has 0 radical (unpaired) electrons. The molecule has 7 heteroatoms. The smallest absolute Gasteiger partial charge is 0.315 e. The Balaban J connectivity index is 2.37. The Hall–Kier alpha value is -1.63. The molecule has 2 heterocycles. The Morgan fingerprint density at radius 3 is 2.41 bits per heavy atom. The molecule has 1 spiro atoms. The maximum Gasteiger partial charge on any atom is 0.315 e. The van der Waals surface area contributed by atoms with Crippen molar-refractivity contribution in [1.82, 2.24) is 0 Å². The average Bonchev–Trinajstić information content (AvgIpc) is 2.53. The fourth-order valence-corrected chi connectivity index (χ4v) is 3.46. The fraction of sp³-hybridized carbons (Fsp3) is 0.800. The second-order valence-electron chi connectivity index (χ2n) is 6.63. The zero-order valence-electron chi connectivity index (χ0n) is 13.1. The normalized spacial score (nSPS) is 38.4. The van der Waals surface area contributed by atoms with Crippen LogP contribution in [0, 0.1) is 16.2 Å². The largest absolute Gasteiger partial charge is 0.468 e. The Bertz CT molecular complexity index is 502. The van der Waals surface area contributed by atoms with Crippen molar-refractivity contribution in [2.45, 2.75) is 33.1 Å². The molecule has 0 aromatic heterocycles. The summed E-state index contributed by atoms with van der Waals surface area (Å²) in [5, 5.41) is 9.52. The topological polar surface area (TPSA) is 99.1 Å². The number of carbonyl (C=O) groups excluding carboxylic acids is 3. The maximum atomic E-state index is 12.3. The van der Waals surface area contributed by atoms with Crippen LogP contribution in [0.5, 0.6) is 0 Å². The maximum absolute atomic E-state index is 12.3. The Kier molecular flexibility index (Phi) is 4.21. The first-order valence-electron chi connectivity index (χ1n) is 7.31. The van der Waals surface area contributed by atoms with Crippen molar-refractivity contribution < 1.29 is 33.7 Å². The van der Waals surface area contributed by atoms with Gasteiger partial charge in [-0.05, 0) is 26.2 Å². The second-order valence-corrected chi connectivity index (χ2v) is 6.63. The van der Waals surface area contributed by atoms with E-state index in [1.807, 2.05) is 6.92 Å². The van der Waals surface area contributed by atoms with Crippen molar-refractivity contribution in [3.63, 3.8) is 0 Å². The third-order valence-corrected chi connectivity index (χ3v) is 4.93. The van der Waals surface area contributed by atoms with Gasteiger partial charge in [0, 0.05) is 0 Å². The van der Waals surface area contributed by atoms with Gasteiger partial charge >= 0.3 is 17.9 Å². The molecule has 3 unspecified atom stereocenters. The lowest BCUT2D eigenvalue weighted by molar-refractivity contribution is -0.207. The molecule has 0 amide bonds. The standard InChI is InChI=1S/C15H22O7/c1-4-14(11(18)20-3)6-15(12(19)22-8-14)5-13(2,7-16)10(17)21-9-15/h16H,4-9H2,1-3H3. The molecule has 2 saturated heterocycles. The SMILES string of the molecule is CCC1(C(=O)OC)COC(=O)C2(COC(=O)C(C)(CO)C2)C1. The number of aliphatic hydroxyl groups excluding tert-OH is 1. The van der Waals surface area contributed by atoms with Gasteiger partial charge in [0.1, 0.15) is 24.0 Å². The molecule has 1 N–H and O–H groups in total. The number of cyclic esters (lactones) is 2. The van der Waals surface area contributed by atoms with Crippen molar-refractivity contribution >= 4 is 17.9 Å². The van der Waals surface area contributed by atoms with E-state index in [2.05, 4.69) is 0 Å². The van der Waals surface area contributed by atoms with Crippen LogP contribution in [0.4, 0.5) is 0 Å². The van der Waals surface area contributed by atoms with Crippen molar-refractivity contribution in [3.05, 3.63) is 0 Å². The van der Waals surface area contributed by atoms with E-state index in [0.29, 0.717) is 6.42 Å². The molecule has 0 aromatic rings. The first-order valence-corrected chi connectivity index (χ1v) is 7.31. The van der Waals surface area contributed by atoms with E-state index in [1.54, 1.807) is 6.92 Å². The van der Waals surface area contributed by atoms with Crippen LogP contribution in [0.15, 0.2) is 0 Å². The van der Waals surface area contributed by atoms with Crippen LogP contribution in [0.1, 0.15) is 33.1 Å². The predicted molar refractivity (Wildman–Crippen MR) is 73.5 cm³/mol. The molecule has 22 heavy (non-hydrogen) atoms. The first kappa shape index (κ1) is 16.7. The molecule has 0 bridgehead atoms. The van der Waals surface area contributed by atoms with Gasteiger partial charge in [0.05, 0.1) is 19.1 Å². The highest BCUT2D eigenvalue weighted by atomic mass is 16.6. The number of carbonyl (C=O) groups is 3. The van der Waals surface area contributed by atoms with Crippen LogP contribution >= 0.6 is 0 Å². The molecule has 124 valence electrons. The van der Waals surface area contributed by atoms with E-state index in [1.165, 1.54) is 7.11 Å². The molecule has 0 saturated carbocycles. The number of ether oxygens (including phenoxy) is 3. The Labute approximate surface area is 128 Å². The van der Waals surface area contributed by atoms with Crippen molar-refractivity contribution in [3.8, 4) is 0 Å². The average molecular weight is 314 g/mol. The van der Waals surface area contributed by atoms with Gasteiger partial charge in [0.15, 0.2) is 0 Å². The highest BCUT2D eigenvalue weighted by Crippen LogP contribution is 2.51. The van der Waals surface area contributed by atoms with Crippen LogP contribution in [-0.4, -0.2) is 49.9 Å².